The van der Waals surface area contributed by atoms with Crippen LogP contribution in [0.25, 0.3) is 0 Å². The maximum absolute atomic E-state index is 13.2. The Labute approximate surface area is 127 Å². The Morgan fingerprint density at radius 3 is 2.79 bits per heavy atom. The number of rotatable bonds is 3. The Kier molecular flexibility index (Phi) is 4.60. The molecule has 0 saturated heterocycles. The average Bonchev–Trinajstić information content (AvgIpc) is 2.77. The summed E-state index contributed by atoms with van der Waals surface area (Å²) in [6.07, 6.45) is 0. The predicted molar refractivity (Wildman–Crippen MR) is 79.2 cm³/mol. The second-order valence-electron chi connectivity index (χ2n) is 3.99. The van der Waals surface area contributed by atoms with E-state index in [4.69, 9.17) is 11.6 Å². The number of carbonyl (C=O) groups excluding carboxylic acids is 1. The Bertz CT molecular complexity index is 616. The summed E-state index contributed by atoms with van der Waals surface area (Å²) in [5.74, 6) is -0.671. The quantitative estimate of drug-likeness (QED) is 0.783. The lowest BCUT2D eigenvalue weighted by molar-refractivity contribution is 0.0785. The molecule has 0 spiro atoms. The molecule has 1 aromatic heterocycles. The van der Waals surface area contributed by atoms with E-state index in [9.17, 15) is 9.18 Å². The standard InChI is InChI=1S/C13H10BrClFNOS/c1-17(7-9-3-5-12(15)19-9)13(18)10-6-8(16)2-4-11(10)14/h2-6H,7H2,1H3. The molecular formula is C13H10BrClFNOS. The minimum absolute atomic E-state index is 0.240. The van der Waals surface area contributed by atoms with Gasteiger partial charge in [-0.15, -0.1) is 11.3 Å². The number of hydrogen-bond acceptors (Lipinski definition) is 2. The van der Waals surface area contributed by atoms with Gasteiger partial charge in [0, 0.05) is 16.4 Å². The van der Waals surface area contributed by atoms with Crippen LogP contribution in [0.5, 0.6) is 0 Å². The van der Waals surface area contributed by atoms with Gasteiger partial charge in [-0.3, -0.25) is 4.79 Å². The van der Waals surface area contributed by atoms with E-state index in [0.29, 0.717) is 20.9 Å². The van der Waals surface area contributed by atoms with E-state index >= 15 is 0 Å². The van der Waals surface area contributed by atoms with Crippen LogP contribution in [-0.2, 0) is 6.54 Å². The van der Waals surface area contributed by atoms with Gasteiger partial charge < -0.3 is 4.90 Å². The maximum atomic E-state index is 13.2. The Morgan fingerprint density at radius 1 is 1.42 bits per heavy atom. The molecule has 0 radical (unpaired) electrons. The molecule has 6 heteroatoms. The van der Waals surface area contributed by atoms with E-state index in [1.165, 1.54) is 34.4 Å². The normalized spacial score (nSPS) is 10.5. The molecule has 0 N–H and O–H groups in total. The van der Waals surface area contributed by atoms with Crippen LogP contribution in [0.3, 0.4) is 0 Å². The summed E-state index contributed by atoms with van der Waals surface area (Å²) >= 11 is 10.5. The molecule has 0 aliphatic heterocycles. The van der Waals surface area contributed by atoms with Gasteiger partial charge in [-0.2, -0.15) is 0 Å². The van der Waals surface area contributed by atoms with Gasteiger partial charge >= 0.3 is 0 Å². The maximum Gasteiger partial charge on any atom is 0.255 e. The van der Waals surface area contributed by atoms with Crippen LogP contribution in [0.15, 0.2) is 34.8 Å². The zero-order valence-electron chi connectivity index (χ0n) is 9.99. The van der Waals surface area contributed by atoms with Gasteiger partial charge in [0.25, 0.3) is 5.91 Å². The number of amides is 1. The fourth-order valence-corrected chi connectivity index (χ4v) is 3.17. The highest BCUT2D eigenvalue weighted by Gasteiger charge is 2.16. The lowest BCUT2D eigenvalue weighted by Gasteiger charge is -2.17. The van der Waals surface area contributed by atoms with Gasteiger partial charge in [-0.25, -0.2) is 4.39 Å². The molecule has 100 valence electrons. The molecule has 2 aromatic rings. The first-order valence-corrected chi connectivity index (χ1v) is 7.41. The van der Waals surface area contributed by atoms with Crippen molar-refractivity contribution in [1.82, 2.24) is 4.90 Å². The predicted octanol–water partition coefficient (Wildman–Crippen LogP) is 4.58. The molecule has 19 heavy (non-hydrogen) atoms. The molecule has 1 heterocycles. The number of halogens is 3. The highest BCUT2D eigenvalue weighted by Crippen LogP contribution is 2.24. The summed E-state index contributed by atoms with van der Waals surface area (Å²) in [6.45, 7) is 0.444. The first-order valence-electron chi connectivity index (χ1n) is 5.42. The Morgan fingerprint density at radius 2 is 2.16 bits per heavy atom. The van der Waals surface area contributed by atoms with Crippen molar-refractivity contribution in [3.63, 3.8) is 0 Å². The van der Waals surface area contributed by atoms with E-state index in [2.05, 4.69) is 15.9 Å². The minimum atomic E-state index is -0.431. The fraction of sp³-hybridized carbons (Fsp3) is 0.154. The second-order valence-corrected chi connectivity index (χ2v) is 6.65. The number of thiophene rings is 1. The van der Waals surface area contributed by atoms with E-state index in [1.54, 1.807) is 13.1 Å². The van der Waals surface area contributed by atoms with Gasteiger partial charge in [0.2, 0.25) is 0 Å². The Balaban J connectivity index is 2.16. The van der Waals surface area contributed by atoms with Crippen LogP contribution in [0.4, 0.5) is 4.39 Å². The summed E-state index contributed by atoms with van der Waals surface area (Å²) in [4.78, 5) is 14.7. The molecule has 2 nitrogen and oxygen atoms in total. The van der Waals surface area contributed by atoms with Crippen LogP contribution in [-0.4, -0.2) is 17.9 Å². The van der Waals surface area contributed by atoms with Crippen LogP contribution >= 0.6 is 38.9 Å². The third kappa shape index (κ3) is 3.55. The molecule has 0 bridgehead atoms. The van der Waals surface area contributed by atoms with Crippen LogP contribution < -0.4 is 0 Å². The largest absolute Gasteiger partial charge is 0.337 e. The zero-order valence-corrected chi connectivity index (χ0v) is 13.1. The monoisotopic (exact) mass is 361 g/mol. The number of nitrogens with zero attached hydrogens (tertiary/aromatic N) is 1. The van der Waals surface area contributed by atoms with Crippen LogP contribution in [0, 0.1) is 5.82 Å². The first-order chi connectivity index (χ1) is 8.97. The minimum Gasteiger partial charge on any atom is -0.337 e. The van der Waals surface area contributed by atoms with Crippen molar-refractivity contribution in [2.75, 3.05) is 7.05 Å². The number of carbonyl (C=O) groups is 1. The lowest BCUT2D eigenvalue weighted by atomic mass is 10.2. The molecule has 0 aliphatic carbocycles. The van der Waals surface area contributed by atoms with Gasteiger partial charge in [-0.1, -0.05) is 11.6 Å². The van der Waals surface area contributed by atoms with Crippen molar-refractivity contribution in [3.05, 3.63) is 55.4 Å². The van der Waals surface area contributed by atoms with E-state index in [-0.39, 0.29) is 5.91 Å². The summed E-state index contributed by atoms with van der Waals surface area (Å²) in [7, 11) is 1.67. The topological polar surface area (TPSA) is 20.3 Å². The van der Waals surface area contributed by atoms with Crippen molar-refractivity contribution < 1.29 is 9.18 Å². The van der Waals surface area contributed by atoms with E-state index in [0.717, 1.165) is 4.88 Å². The summed E-state index contributed by atoms with van der Waals surface area (Å²) < 4.78 is 14.5. The SMILES string of the molecule is CN(Cc1ccc(Cl)s1)C(=O)c1cc(F)ccc1Br. The van der Waals surface area contributed by atoms with Gasteiger partial charge in [0.1, 0.15) is 5.82 Å². The number of benzene rings is 1. The first kappa shape index (κ1) is 14.5. The number of hydrogen-bond donors (Lipinski definition) is 0. The molecule has 0 saturated carbocycles. The van der Waals surface area contributed by atoms with E-state index < -0.39 is 5.82 Å². The molecule has 1 amide bonds. The summed E-state index contributed by atoms with van der Waals surface area (Å²) in [5, 5.41) is 0. The average molecular weight is 363 g/mol. The Hall–Kier alpha value is -0.910. The van der Waals surface area contributed by atoms with Crippen molar-refractivity contribution in [2.24, 2.45) is 0 Å². The molecular weight excluding hydrogens is 353 g/mol. The molecule has 0 unspecified atom stereocenters. The van der Waals surface area contributed by atoms with E-state index in [1.807, 2.05) is 6.07 Å². The third-order valence-corrected chi connectivity index (χ3v) is 4.43. The molecule has 0 aliphatic rings. The highest BCUT2D eigenvalue weighted by molar-refractivity contribution is 9.10. The van der Waals surface area contributed by atoms with Crippen molar-refractivity contribution in [2.45, 2.75) is 6.54 Å². The molecule has 1 aromatic carbocycles. The van der Waals surface area contributed by atoms with Crippen molar-refractivity contribution in [3.8, 4) is 0 Å². The van der Waals surface area contributed by atoms with Crippen LogP contribution in [0.2, 0.25) is 4.34 Å². The third-order valence-electron chi connectivity index (χ3n) is 2.53. The van der Waals surface area contributed by atoms with Gasteiger partial charge in [-0.05, 0) is 46.3 Å². The summed E-state index contributed by atoms with van der Waals surface area (Å²) in [6, 6.07) is 7.72. The van der Waals surface area contributed by atoms with Gasteiger partial charge in [0.05, 0.1) is 16.4 Å². The molecule has 0 atom stereocenters. The molecule has 0 fully saturated rings. The van der Waals surface area contributed by atoms with Crippen molar-refractivity contribution in [1.29, 1.82) is 0 Å². The molecule has 2 rings (SSSR count). The highest BCUT2D eigenvalue weighted by atomic mass is 79.9. The lowest BCUT2D eigenvalue weighted by Crippen LogP contribution is -2.26. The summed E-state index contributed by atoms with van der Waals surface area (Å²) in [5.41, 5.74) is 0.310. The second kappa shape index (κ2) is 6.03. The smallest absolute Gasteiger partial charge is 0.255 e. The van der Waals surface area contributed by atoms with Crippen LogP contribution in [0.1, 0.15) is 15.2 Å². The van der Waals surface area contributed by atoms with Crippen molar-refractivity contribution >= 4 is 44.8 Å². The fourth-order valence-electron chi connectivity index (χ4n) is 1.61. The zero-order chi connectivity index (χ0) is 14.0. The van der Waals surface area contributed by atoms with Gasteiger partial charge in [0.15, 0.2) is 0 Å².